The van der Waals surface area contributed by atoms with Crippen molar-refractivity contribution in [2.45, 2.75) is 57.7 Å². The van der Waals surface area contributed by atoms with Gasteiger partial charge in [-0.05, 0) is 45.4 Å². The molecular formula is C16H26N2O4. The fourth-order valence-corrected chi connectivity index (χ4v) is 4.33. The Labute approximate surface area is 131 Å². The van der Waals surface area contributed by atoms with Gasteiger partial charge >= 0.3 is 12.0 Å². The van der Waals surface area contributed by atoms with Crippen LogP contribution in [-0.2, 0) is 9.53 Å². The van der Waals surface area contributed by atoms with Crippen molar-refractivity contribution in [2.75, 3.05) is 19.6 Å². The van der Waals surface area contributed by atoms with Gasteiger partial charge in [-0.1, -0.05) is 6.42 Å². The Bertz CT molecular complexity index is 479. The highest BCUT2D eigenvalue weighted by Crippen LogP contribution is 2.48. The fourth-order valence-electron chi connectivity index (χ4n) is 4.33. The number of nitrogens with one attached hydrogen (secondary N) is 1. The van der Waals surface area contributed by atoms with E-state index in [9.17, 15) is 14.7 Å². The Kier molecular flexibility index (Phi) is 3.83. The summed E-state index contributed by atoms with van der Waals surface area (Å²) in [6.45, 7) is 5.54. The maximum Gasteiger partial charge on any atom is 0.317 e. The van der Waals surface area contributed by atoms with Crippen LogP contribution in [-0.4, -0.2) is 53.3 Å². The van der Waals surface area contributed by atoms with Crippen molar-refractivity contribution in [3.63, 3.8) is 0 Å². The number of carboxylic acids is 1. The van der Waals surface area contributed by atoms with Gasteiger partial charge in [0.2, 0.25) is 0 Å². The summed E-state index contributed by atoms with van der Waals surface area (Å²) in [5, 5.41) is 12.5. The second kappa shape index (κ2) is 5.41. The number of urea groups is 1. The number of likely N-dealkylation sites (tertiary alicyclic amines) is 1. The zero-order valence-electron chi connectivity index (χ0n) is 13.4. The molecule has 6 nitrogen and oxygen atoms in total. The molecule has 1 aliphatic carbocycles. The summed E-state index contributed by atoms with van der Waals surface area (Å²) in [4.78, 5) is 25.6. The molecule has 0 bridgehead atoms. The van der Waals surface area contributed by atoms with Crippen LogP contribution in [0.3, 0.4) is 0 Å². The molecule has 3 aliphatic rings. The molecule has 0 aromatic rings. The molecule has 0 aromatic heterocycles. The average Bonchev–Trinajstić information content (AvgIpc) is 3.07. The molecule has 124 valence electrons. The first kappa shape index (κ1) is 15.6. The lowest BCUT2D eigenvalue weighted by Crippen LogP contribution is -2.44. The number of hydrogen-bond acceptors (Lipinski definition) is 3. The molecule has 3 atom stereocenters. The van der Waals surface area contributed by atoms with Crippen molar-refractivity contribution in [1.82, 2.24) is 10.2 Å². The number of carboxylic acid groups (broad SMARTS) is 1. The number of ether oxygens (including phenoxy) is 1. The van der Waals surface area contributed by atoms with Gasteiger partial charge in [-0.15, -0.1) is 0 Å². The van der Waals surface area contributed by atoms with Crippen LogP contribution in [0, 0.1) is 11.3 Å². The number of hydrogen-bond donors (Lipinski definition) is 2. The van der Waals surface area contributed by atoms with Crippen LogP contribution in [0.25, 0.3) is 0 Å². The predicted molar refractivity (Wildman–Crippen MR) is 80.6 cm³/mol. The van der Waals surface area contributed by atoms with E-state index in [0.29, 0.717) is 26.1 Å². The Hall–Kier alpha value is -1.30. The molecule has 2 aliphatic heterocycles. The quantitative estimate of drug-likeness (QED) is 0.833. The molecule has 22 heavy (non-hydrogen) atoms. The fraction of sp³-hybridized carbons (Fsp3) is 0.875. The molecule has 6 heteroatoms. The lowest BCUT2D eigenvalue weighted by Gasteiger charge is -2.24. The molecule has 2 saturated heterocycles. The standard InChI is InChI=1S/C16H26N2O4/c1-15(2)7-5-12(22-15)8-17-14(21)18-9-11-4-3-6-16(11,10-18)13(19)20/h11-12H,3-10H2,1-2H3,(H,17,21)(H,19,20)/t11-,12?,16+/m0/s1. The van der Waals surface area contributed by atoms with E-state index in [1.165, 1.54) is 0 Å². The summed E-state index contributed by atoms with van der Waals surface area (Å²) in [5.41, 5.74) is -0.809. The Balaban J connectivity index is 1.53. The number of aliphatic carboxylic acids is 1. The number of rotatable bonds is 3. The zero-order chi connectivity index (χ0) is 16.0. The number of carbonyl (C=O) groups is 2. The summed E-state index contributed by atoms with van der Waals surface area (Å²) in [6, 6.07) is -0.150. The maximum absolute atomic E-state index is 12.3. The number of carbonyl (C=O) groups excluding carboxylic acids is 1. The highest BCUT2D eigenvalue weighted by Gasteiger charge is 2.55. The van der Waals surface area contributed by atoms with Crippen LogP contribution in [0.2, 0.25) is 0 Å². The molecule has 2 amide bonds. The molecule has 0 aromatic carbocycles. The van der Waals surface area contributed by atoms with E-state index < -0.39 is 11.4 Å². The van der Waals surface area contributed by atoms with E-state index in [1.807, 2.05) is 0 Å². The SMILES string of the molecule is CC1(C)CCC(CNC(=O)N2C[C@@H]3CCC[C@@]3(C(=O)O)C2)O1. The summed E-state index contributed by atoms with van der Waals surface area (Å²) in [5.74, 6) is -0.636. The minimum absolute atomic E-state index is 0.0643. The summed E-state index contributed by atoms with van der Waals surface area (Å²) in [7, 11) is 0. The molecule has 0 spiro atoms. The molecule has 2 heterocycles. The van der Waals surface area contributed by atoms with Crippen molar-refractivity contribution in [1.29, 1.82) is 0 Å². The van der Waals surface area contributed by atoms with Gasteiger partial charge in [0.05, 0.1) is 17.1 Å². The summed E-state index contributed by atoms with van der Waals surface area (Å²) in [6.07, 6.45) is 4.58. The lowest BCUT2D eigenvalue weighted by molar-refractivity contribution is -0.149. The van der Waals surface area contributed by atoms with E-state index >= 15 is 0 Å². The second-order valence-corrected chi connectivity index (χ2v) is 7.66. The number of nitrogens with zero attached hydrogens (tertiary/aromatic N) is 1. The van der Waals surface area contributed by atoms with E-state index in [0.717, 1.165) is 25.7 Å². The van der Waals surface area contributed by atoms with E-state index in [-0.39, 0.29) is 23.7 Å². The van der Waals surface area contributed by atoms with Gasteiger partial charge in [-0.25, -0.2) is 4.79 Å². The van der Waals surface area contributed by atoms with Gasteiger partial charge in [0.1, 0.15) is 0 Å². The third-order valence-electron chi connectivity index (χ3n) is 5.62. The highest BCUT2D eigenvalue weighted by molar-refractivity contribution is 5.80. The third-order valence-corrected chi connectivity index (χ3v) is 5.62. The first-order chi connectivity index (χ1) is 10.3. The largest absolute Gasteiger partial charge is 0.481 e. The Morgan fingerprint density at radius 3 is 2.68 bits per heavy atom. The summed E-state index contributed by atoms with van der Waals surface area (Å²) < 4.78 is 5.87. The van der Waals surface area contributed by atoms with E-state index in [2.05, 4.69) is 19.2 Å². The lowest BCUT2D eigenvalue weighted by atomic mass is 9.81. The van der Waals surface area contributed by atoms with Crippen molar-refractivity contribution in [3.8, 4) is 0 Å². The first-order valence-corrected chi connectivity index (χ1v) is 8.26. The van der Waals surface area contributed by atoms with Gasteiger partial charge in [0.15, 0.2) is 0 Å². The second-order valence-electron chi connectivity index (χ2n) is 7.66. The van der Waals surface area contributed by atoms with Crippen molar-refractivity contribution in [2.24, 2.45) is 11.3 Å². The summed E-state index contributed by atoms with van der Waals surface area (Å²) >= 11 is 0. The maximum atomic E-state index is 12.3. The van der Waals surface area contributed by atoms with Crippen molar-refractivity contribution >= 4 is 12.0 Å². The Morgan fingerprint density at radius 1 is 1.32 bits per heavy atom. The normalized spacial score (nSPS) is 36.4. The van der Waals surface area contributed by atoms with Crippen LogP contribution in [0.1, 0.15) is 46.0 Å². The molecule has 1 unspecified atom stereocenters. The minimum Gasteiger partial charge on any atom is -0.481 e. The van der Waals surface area contributed by atoms with Gasteiger partial charge in [-0.2, -0.15) is 0 Å². The molecule has 0 radical (unpaired) electrons. The van der Waals surface area contributed by atoms with Crippen molar-refractivity contribution in [3.05, 3.63) is 0 Å². The van der Waals surface area contributed by atoms with Crippen LogP contribution in [0.5, 0.6) is 0 Å². The molecule has 1 saturated carbocycles. The predicted octanol–water partition coefficient (Wildman–Crippen LogP) is 1.84. The van der Waals surface area contributed by atoms with Crippen LogP contribution in [0.15, 0.2) is 0 Å². The van der Waals surface area contributed by atoms with E-state index in [4.69, 9.17) is 4.74 Å². The molecule has 3 fully saturated rings. The number of fused-ring (bicyclic) bond motifs is 1. The number of amides is 2. The molecule has 3 rings (SSSR count). The van der Waals surface area contributed by atoms with Crippen LogP contribution < -0.4 is 5.32 Å². The van der Waals surface area contributed by atoms with Crippen LogP contribution >= 0.6 is 0 Å². The molecular weight excluding hydrogens is 284 g/mol. The van der Waals surface area contributed by atoms with Crippen molar-refractivity contribution < 1.29 is 19.4 Å². The van der Waals surface area contributed by atoms with Crippen LogP contribution in [0.4, 0.5) is 4.79 Å². The van der Waals surface area contributed by atoms with E-state index in [1.54, 1.807) is 4.90 Å². The van der Waals surface area contributed by atoms with Gasteiger partial charge in [-0.3, -0.25) is 4.79 Å². The monoisotopic (exact) mass is 310 g/mol. The topological polar surface area (TPSA) is 78.9 Å². The third kappa shape index (κ3) is 2.69. The van der Waals surface area contributed by atoms with Gasteiger partial charge in [0, 0.05) is 19.6 Å². The minimum atomic E-state index is -0.744. The van der Waals surface area contributed by atoms with Gasteiger partial charge < -0.3 is 20.1 Å². The Morgan fingerprint density at radius 2 is 2.09 bits per heavy atom. The average molecular weight is 310 g/mol. The first-order valence-electron chi connectivity index (χ1n) is 8.26. The molecule has 2 N–H and O–H groups in total. The van der Waals surface area contributed by atoms with Gasteiger partial charge in [0.25, 0.3) is 0 Å². The smallest absolute Gasteiger partial charge is 0.317 e. The highest BCUT2D eigenvalue weighted by atomic mass is 16.5. The zero-order valence-corrected chi connectivity index (χ0v) is 13.4.